The molecule has 1 aliphatic carbocycles. The zero-order valence-corrected chi connectivity index (χ0v) is 21.8. The van der Waals surface area contributed by atoms with Gasteiger partial charge in [0.1, 0.15) is 8.07 Å². The van der Waals surface area contributed by atoms with Crippen LogP contribution in [0.4, 0.5) is 0 Å². The van der Waals surface area contributed by atoms with Gasteiger partial charge in [0.2, 0.25) is 0 Å². The molecule has 4 heteroatoms. The summed E-state index contributed by atoms with van der Waals surface area (Å²) in [6.07, 6.45) is 7.93. The number of para-hydroxylation sites is 1. The monoisotopic (exact) mass is 442 g/mol. The fourth-order valence-corrected chi connectivity index (χ4v) is 9.56. The molecule has 1 N–H and O–H groups in total. The van der Waals surface area contributed by atoms with E-state index in [1.165, 1.54) is 79.7 Å². The number of rotatable bonds is 12. The number of aromatic amines is 1. The lowest BCUT2D eigenvalue weighted by molar-refractivity contribution is 0.0599. The van der Waals surface area contributed by atoms with Gasteiger partial charge in [-0.05, 0) is 57.7 Å². The highest BCUT2D eigenvalue weighted by Gasteiger charge is 2.34. The SMILES string of the molecule is CCCCN(C)C1CCC(COCc2c([Si](CC)(CC)CC)[nH]c3ccccc23)CC1. The van der Waals surface area contributed by atoms with Gasteiger partial charge in [0.25, 0.3) is 0 Å². The van der Waals surface area contributed by atoms with Gasteiger partial charge in [-0.2, -0.15) is 0 Å². The Morgan fingerprint density at radius 1 is 1.00 bits per heavy atom. The van der Waals surface area contributed by atoms with E-state index < -0.39 is 8.07 Å². The summed E-state index contributed by atoms with van der Waals surface area (Å²) in [6, 6.07) is 13.5. The van der Waals surface area contributed by atoms with Crippen LogP contribution in [0.15, 0.2) is 24.3 Å². The minimum absolute atomic E-state index is 0.731. The van der Waals surface area contributed by atoms with Gasteiger partial charge >= 0.3 is 0 Å². The maximum Gasteiger partial charge on any atom is 0.107 e. The fraction of sp³-hybridized carbons (Fsp3) is 0.704. The number of hydrogen-bond donors (Lipinski definition) is 1. The summed E-state index contributed by atoms with van der Waals surface area (Å²) in [5.41, 5.74) is 2.75. The molecule has 0 spiro atoms. The number of nitrogens with one attached hydrogen (secondary N) is 1. The lowest BCUT2D eigenvalue weighted by atomic mass is 9.86. The first-order chi connectivity index (χ1) is 15.1. The Labute approximate surface area is 192 Å². The molecule has 174 valence electrons. The molecule has 3 nitrogen and oxygen atoms in total. The average Bonchev–Trinajstić information content (AvgIpc) is 3.18. The Bertz CT molecular complexity index is 781. The Morgan fingerprint density at radius 3 is 2.32 bits per heavy atom. The first-order valence-corrected chi connectivity index (χ1v) is 15.6. The predicted molar refractivity (Wildman–Crippen MR) is 138 cm³/mol. The largest absolute Gasteiger partial charge is 0.376 e. The van der Waals surface area contributed by atoms with Crippen molar-refractivity contribution in [2.45, 2.75) is 97.0 Å². The van der Waals surface area contributed by atoms with Crippen molar-refractivity contribution in [1.29, 1.82) is 0 Å². The van der Waals surface area contributed by atoms with Crippen molar-refractivity contribution in [3.63, 3.8) is 0 Å². The number of benzene rings is 1. The van der Waals surface area contributed by atoms with Crippen LogP contribution < -0.4 is 5.32 Å². The van der Waals surface area contributed by atoms with E-state index in [1.807, 2.05) is 0 Å². The first kappa shape index (κ1) is 24.5. The molecule has 0 atom stereocenters. The van der Waals surface area contributed by atoms with Gasteiger partial charge in [-0.15, -0.1) is 0 Å². The minimum atomic E-state index is -1.48. The molecular weight excluding hydrogens is 396 g/mol. The number of unbranched alkanes of at least 4 members (excludes halogenated alkanes) is 1. The molecule has 0 aliphatic heterocycles. The zero-order chi connectivity index (χ0) is 22.3. The maximum atomic E-state index is 6.44. The van der Waals surface area contributed by atoms with Crippen LogP contribution in [-0.2, 0) is 11.3 Å². The lowest BCUT2D eigenvalue weighted by Gasteiger charge is -2.34. The summed E-state index contributed by atoms with van der Waals surface area (Å²) in [6.45, 7) is 12.4. The molecular formula is C27H46N2OSi. The predicted octanol–water partition coefficient (Wildman–Crippen LogP) is 6.69. The second-order valence-corrected chi connectivity index (χ2v) is 15.1. The van der Waals surface area contributed by atoms with Gasteiger partial charge in [0.15, 0.2) is 0 Å². The lowest BCUT2D eigenvalue weighted by Crippen LogP contribution is -2.48. The van der Waals surface area contributed by atoms with Crippen LogP contribution in [0.2, 0.25) is 18.1 Å². The summed E-state index contributed by atoms with van der Waals surface area (Å²) in [5, 5.41) is 2.94. The maximum absolute atomic E-state index is 6.44. The zero-order valence-electron chi connectivity index (χ0n) is 20.8. The van der Waals surface area contributed by atoms with Crippen molar-refractivity contribution >= 4 is 24.3 Å². The molecule has 31 heavy (non-hydrogen) atoms. The molecule has 1 aromatic heterocycles. The minimum Gasteiger partial charge on any atom is -0.376 e. The molecule has 1 heterocycles. The van der Waals surface area contributed by atoms with E-state index in [9.17, 15) is 0 Å². The number of H-pyrrole nitrogens is 1. The topological polar surface area (TPSA) is 28.3 Å². The van der Waals surface area contributed by atoms with Crippen LogP contribution in [-0.4, -0.2) is 44.2 Å². The summed E-state index contributed by atoms with van der Waals surface area (Å²) < 4.78 is 6.44. The van der Waals surface area contributed by atoms with Gasteiger partial charge in [-0.25, -0.2) is 0 Å². The molecule has 2 aromatic rings. The van der Waals surface area contributed by atoms with Crippen molar-refractivity contribution in [3.8, 4) is 0 Å². The molecule has 0 saturated heterocycles. The van der Waals surface area contributed by atoms with Crippen molar-refractivity contribution < 1.29 is 4.74 Å². The van der Waals surface area contributed by atoms with Crippen LogP contribution in [0.5, 0.6) is 0 Å². The highest BCUT2D eigenvalue weighted by atomic mass is 28.3. The van der Waals surface area contributed by atoms with E-state index in [4.69, 9.17) is 4.74 Å². The smallest absolute Gasteiger partial charge is 0.107 e. The molecule has 1 saturated carbocycles. The molecule has 3 rings (SSSR count). The summed E-state index contributed by atoms with van der Waals surface area (Å²) >= 11 is 0. The van der Waals surface area contributed by atoms with Gasteiger partial charge in [-0.1, -0.05) is 70.4 Å². The molecule has 0 radical (unpaired) electrons. The summed E-state index contributed by atoms with van der Waals surface area (Å²) in [5.74, 6) is 0.731. The second-order valence-electron chi connectivity index (χ2n) is 9.89. The van der Waals surface area contributed by atoms with Crippen molar-refractivity contribution in [2.75, 3.05) is 20.2 Å². The van der Waals surface area contributed by atoms with Crippen molar-refractivity contribution in [3.05, 3.63) is 29.8 Å². The average molecular weight is 443 g/mol. The van der Waals surface area contributed by atoms with Crippen molar-refractivity contribution in [2.24, 2.45) is 5.92 Å². The van der Waals surface area contributed by atoms with E-state index in [1.54, 1.807) is 5.32 Å². The van der Waals surface area contributed by atoms with Crippen molar-refractivity contribution in [1.82, 2.24) is 9.88 Å². The van der Waals surface area contributed by atoms with Crippen LogP contribution >= 0.6 is 0 Å². The number of aromatic nitrogens is 1. The molecule has 1 fully saturated rings. The number of fused-ring (bicyclic) bond motifs is 1. The van der Waals surface area contributed by atoms with Gasteiger partial charge < -0.3 is 14.6 Å². The van der Waals surface area contributed by atoms with E-state index >= 15 is 0 Å². The Morgan fingerprint density at radius 2 is 1.68 bits per heavy atom. The van der Waals surface area contributed by atoms with E-state index in [0.29, 0.717) is 0 Å². The van der Waals surface area contributed by atoms with Gasteiger partial charge in [0, 0.05) is 34.4 Å². The second kappa shape index (κ2) is 11.7. The van der Waals surface area contributed by atoms with Crippen LogP contribution in [0, 0.1) is 5.92 Å². The number of nitrogens with zero attached hydrogens (tertiary/aromatic N) is 1. The number of ether oxygens (including phenoxy) is 1. The third kappa shape index (κ3) is 5.64. The Balaban J connectivity index is 1.62. The van der Waals surface area contributed by atoms with Crippen LogP contribution in [0.3, 0.4) is 0 Å². The quantitative estimate of drug-likeness (QED) is 0.371. The van der Waals surface area contributed by atoms with Crippen LogP contribution in [0.1, 0.15) is 71.8 Å². The standard InChI is InChI=1S/C27H46N2OSi/c1-6-10-19-29(5)23-17-15-22(16-18-23)20-30-21-25-24-13-11-12-14-26(24)28-27(25)31(7-2,8-3)9-4/h11-14,22-23,28H,6-10,15-21H2,1-5H3. The third-order valence-electron chi connectivity index (χ3n) is 8.28. The summed E-state index contributed by atoms with van der Waals surface area (Å²) in [7, 11) is 0.836. The normalized spacial score (nSPS) is 20.1. The van der Waals surface area contributed by atoms with E-state index in [-0.39, 0.29) is 0 Å². The van der Waals surface area contributed by atoms with E-state index in [2.05, 4.69) is 68.9 Å². The molecule has 0 bridgehead atoms. The fourth-order valence-electron chi connectivity index (χ4n) is 5.75. The van der Waals surface area contributed by atoms with Crippen LogP contribution in [0.25, 0.3) is 10.9 Å². The first-order valence-electron chi connectivity index (χ1n) is 13.0. The number of hydrogen-bond acceptors (Lipinski definition) is 2. The summed E-state index contributed by atoms with van der Waals surface area (Å²) in [4.78, 5) is 6.46. The highest BCUT2D eigenvalue weighted by molar-refractivity contribution is 6.91. The Hall–Kier alpha value is -1.10. The third-order valence-corrected chi connectivity index (χ3v) is 13.8. The van der Waals surface area contributed by atoms with Gasteiger partial charge in [0.05, 0.1) is 6.61 Å². The Kier molecular flexibility index (Phi) is 9.24. The van der Waals surface area contributed by atoms with Gasteiger partial charge in [-0.3, -0.25) is 0 Å². The molecule has 0 unspecified atom stereocenters. The van der Waals surface area contributed by atoms with E-state index in [0.717, 1.165) is 25.2 Å². The molecule has 1 aromatic carbocycles. The highest BCUT2D eigenvalue weighted by Crippen LogP contribution is 2.29. The molecule has 0 amide bonds. The molecule has 1 aliphatic rings.